The lowest BCUT2D eigenvalue weighted by Gasteiger charge is -2.35. The Hall–Kier alpha value is -2.25. The van der Waals surface area contributed by atoms with E-state index in [1.54, 1.807) is 0 Å². The molecule has 1 N–H and O–H groups in total. The summed E-state index contributed by atoms with van der Waals surface area (Å²) in [4.78, 5) is 2.20. The third kappa shape index (κ3) is 10.3. The van der Waals surface area contributed by atoms with Crippen molar-refractivity contribution in [3.8, 4) is 0 Å². The van der Waals surface area contributed by atoms with Crippen LogP contribution in [0.25, 0.3) is 6.08 Å². The molecule has 0 aliphatic carbocycles. The van der Waals surface area contributed by atoms with Crippen molar-refractivity contribution >= 4 is 24.2 Å². The molecule has 0 unspecified atom stereocenters. The first-order valence-corrected chi connectivity index (χ1v) is 17.2. The zero-order valence-corrected chi connectivity index (χ0v) is 22.7. The molecule has 0 aliphatic heterocycles. The van der Waals surface area contributed by atoms with Gasteiger partial charge in [-0.1, -0.05) is 105 Å². The quantitative estimate of drug-likeness (QED) is 0.257. The lowest BCUT2D eigenvalue weighted by Crippen LogP contribution is -2.52. The number of nitrogens with one attached hydrogen (secondary N) is 1. The van der Waals surface area contributed by atoms with Crippen molar-refractivity contribution in [3.05, 3.63) is 103 Å². The van der Waals surface area contributed by atoms with Gasteiger partial charge in [-0.15, -0.1) is 13.2 Å². The minimum absolute atomic E-state index is 0.159. The van der Waals surface area contributed by atoms with Crippen molar-refractivity contribution < 1.29 is 8.42 Å². The topological polar surface area (TPSA) is 49.4 Å². The summed E-state index contributed by atoms with van der Waals surface area (Å²) in [6, 6.07) is 20.3. The fraction of sp³-hybridized carbons (Fsp3) is 0.357. The second-order valence-electron chi connectivity index (χ2n) is 9.84. The Labute approximate surface area is 208 Å². The van der Waals surface area contributed by atoms with Crippen LogP contribution in [0.5, 0.6) is 0 Å². The lowest BCUT2D eigenvalue weighted by molar-refractivity contribution is 0.240. The van der Waals surface area contributed by atoms with Crippen molar-refractivity contribution in [2.24, 2.45) is 0 Å². The molecule has 0 amide bonds. The highest BCUT2D eigenvalue weighted by atomic mass is 32.2. The zero-order valence-electron chi connectivity index (χ0n) is 20.9. The minimum Gasteiger partial charge on any atom is -0.288 e. The number of hydrogen-bond donors (Lipinski definition) is 1. The Balaban J connectivity index is 2.45. The highest BCUT2D eigenvalue weighted by Crippen LogP contribution is 2.17. The van der Waals surface area contributed by atoms with Crippen LogP contribution in [0.3, 0.4) is 0 Å². The van der Waals surface area contributed by atoms with Gasteiger partial charge >= 0.3 is 0 Å². The third-order valence-electron chi connectivity index (χ3n) is 5.60. The molecule has 2 rings (SSSR count). The molecule has 0 spiro atoms. The molecule has 34 heavy (non-hydrogen) atoms. The van der Waals surface area contributed by atoms with Crippen LogP contribution >= 0.6 is 0 Å². The van der Waals surface area contributed by atoms with Gasteiger partial charge in [-0.2, -0.15) is 0 Å². The molecule has 0 bridgehead atoms. The Bertz CT molecular complexity index is 1010. The predicted molar refractivity (Wildman–Crippen MR) is 150 cm³/mol. The highest BCUT2D eigenvalue weighted by molar-refractivity contribution is 7.89. The van der Waals surface area contributed by atoms with Crippen LogP contribution in [-0.2, 0) is 16.4 Å². The van der Waals surface area contributed by atoms with Crippen LogP contribution in [0, 0.1) is 0 Å². The van der Waals surface area contributed by atoms with Gasteiger partial charge in [0.1, 0.15) is 0 Å². The maximum Gasteiger partial charge on any atom is 0.211 e. The Kier molecular flexibility index (Phi) is 11.2. The van der Waals surface area contributed by atoms with E-state index in [1.165, 1.54) is 0 Å². The fourth-order valence-electron chi connectivity index (χ4n) is 3.76. The van der Waals surface area contributed by atoms with E-state index in [4.69, 9.17) is 0 Å². The number of nitrogens with zero attached hydrogens (tertiary/aromatic N) is 1. The van der Waals surface area contributed by atoms with Crippen molar-refractivity contribution in [1.82, 2.24) is 9.62 Å². The van der Waals surface area contributed by atoms with Crippen molar-refractivity contribution in [1.29, 1.82) is 0 Å². The van der Waals surface area contributed by atoms with Gasteiger partial charge in [0.2, 0.25) is 10.0 Å². The molecule has 4 nitrogen and oxygen atoms in total. The molecule has 0 saturated heterocycles. The predicted octanol–water partition coefficient (Wildman–Crippen LogP) is 5.61. The summed E-state index contributed by atoms with van der Waals surface area (Å²) in [6.07, 6.45) is 8.47. The molecule has 0 aliphatic rings. The number of rotatable bonds is 15. The molecule has 2 aromatic rings. The van der Waals surface area contributed by atoms with Gasteiger partial charge in [0.25, 0.3) is 0 Å². The first-order chi connectivity index (χ1) is 16.1. The summed E-state index contributed by atoms with van der Waals surface area (Å²) in [5.41, 5.74) is 2.17. The van der Waals surface area contributed by atoms with Gasteiger partial charge in [-0.05, 0) is 23.6 Å². The van der Waals surface area contributed by atoms with Crippen LogP contribution in [-0.4, -0.2) is 52.3 Å². The van der Waals surface area contributed by atoms with E-state index in [1.807, 2.05) is 72.8 Å². The lowest BCUT2D eigenvalue weighted by atomic mass is 9.97. The third-order valence-corrected chi connectivity index (χ3v) is 9.11. The molecule has 0 fully saturated rings. The van der Waals surface area contributed by atoms with Crippen LogP contribution in [0.15, 0.2) is 92.0 Å². The molecule has 6 heteroatoms. The summed E-state index contributed by atoms with van der Waals surface area (Å²) in [5.74, 6) is 0.159. The summed E-state index contributed by atoms with van der Waals surface area (Å²) in [5, 5.41) is 0. The zero-order chi connectivity index (χ0) is 25.0. The van der Waals surface area contributed by atoms with Crippen LogP contribution in [0.1, 0.15) is 11.1 Å². The molecule has 2 atom stereocenters. The maximum absolute atomic E-state index is 13.2. The molecular formula is C28H40N2O2SSi. The standard InChI is InChI=1S/C28H40N2O2SSi/c1-6-20-30(21-7-2)28(19-18-25-14-10-8-11-15-25)27(24-26-16-12-9-13-17-26)29-33(31,32)22-23-34(3,4)5/h6-19,27-29H,1-2,20-24H2,3-5H3/b19-18+/t27-,28+/m0/s1. The van der Waals surface area contributed by atoms with Crippen molar-refractivity contribution in [2.75, 3.05) is 18.8 Å². The summed E-state index contributed by atoms with van der Waals surface area (Å²) in [6.45, 7) is 15.7. The average Bonchev–Trinajstić information content (AvgIpc) is 2.79. The van der Waals surface area contributed by atoms with Crippen LogP contribution < -0.4 is 4.72 Å². The van der Waals surface area contributed by atoms with E-state index in [9.17, 15) is 8.42 Å². The highest BCUT2D eigenvalue weighted by Gasteiger charge is 2.29. The first-order valence-electron chi connectivity index (χ1n) is 11.9. The van der Waals surface area contributed by atoms with Crippen molar-refractivity contribution in [2.45, 2.75) is 44.2 Å². The van der Waals surface area contributed by atoms with E-state index in [-0.39, 0.29) is 17.8 Å². The van der Waals surface area contributed by atoms with Gasteiger partial charge in [-0.25, -0.2) is 13.1 Å². The molecule has 0 radical (unpaired) electrons. The van der Waals surface area contributed by atoms with E-state index in [0.29, 0.717) is 19.5 Å². The van der Waals surface area contributed by atoms with Gasteiger partial charge < -0.3 is 0 Å². The van der Waals surface area contributed by atoms with Gasteiger partial charge in [-0.3, -0.25) is 4.90 Å². The Morgan fingerprint density at radius 3 is 2.03 bits per heavy atom. The second kappa shape index (κ2) is 13.6. The molecule has 0 saturated carbocycles. The number of hydrogen-bond acceptors (Lipinski definition) is 3. The smallest absolute Gasteiger partial charge is 0.211 e. The second-order valence-corrected chi connectivity index (χ2v) is 17.3. The average molecular weight is 497 g/mol. The molecule has 2 aromatic carbocycles. The Morgan fingerprint density at radius 2 is 1.50 bits per heavy atom. The molecular weight excluding hydrogens is 456 g/mol. The van der Waals surface area contributed by atoms with Crippen LogP contribution in [0.2, 0.25) is 25.7 Å². The van der Waals surface area contributed by atoms with Gasteiger partial charge in [0, 0.05) is 33.2 Å². The van der Waals surface area contributed by atoms with E-state index in [2.05, 4.69) is 54.6 Å². The summed E-state index contributed by atoms with van der Waals surface area (Å²) < 4.78 is 29.5. The minimum atomic E-state index is -3.45. The van der Waals surface area contributed by atoms with E-state index in [0.717, 1.165) is 17.2 Å². The van der Waals surface area contributed by atoms with E-state index < -0.39 is 18.1 Å². The number of sulfonamides is 1. The van der Waals surface area contributed by atoms with Crippen LogP contribution in [0.4, 0.5) is 0 Å². The van der Waals surface area contributed by atoms with Gasteiger partial charge in [0.15, 0.2) is 0 Å². The van der Waals surface area contributed by atoms with Gasteiger partial charge in [0.05, 0.1) is 5.75 Å². The number of benzene rings is 2. The Morgan fingerprint density at radius 1 is 0.941 bits per heavy atom. The summed E-state index contributed by atoms with van der Waals surface area (Å²) in [7, 11) is -4.95. The summed E-state index contributed by atoms with van der Waals surface area (Å²) >= 11 is 0. The molecule has 0 aromatic heterocycles. The normalized spacial score (nSPS) is 14.2. The SMILES string of the molecule is C=CCN(CC=C)[C@H](/C=C/c1ccccc1)[C@H](Cc1ccccc1)NS(=O)(=O)CC[Si](C)(C)C. The first kappa shape index (κ1) is 28.0. The molecule has 184 valence electrons. The largest absolute Gasteiger partial charge is 0.288 e. The fourth-order valence-corrected chi connectivity index (χ4v) is 8.09. The monoisotopic (exact) mass is 496 g/mol. The van der Waals surface area contributed by atoms with Crippen molar-refractivity contribution in [3.63, 3.8) is 0 Å². The molecule has 0 heterocycles. The maximum atomic E-state index is 13.2. The van der Waals surface area contributed by atoms with E-state index >= 15 is 0 Å².